The molecule has 0 radical (unpaired) electrons. The number of amides is 1. The number of ether oxygens (including phenoxy) is 1. The molecular formula is C35H38ClF3N8O3. The zero-order valence-corrected chi connectivity index (χ0v) is 28.8. The Morgan fingerprint density at radius 1 is 1.12 bits per heavy atom. The summed E-state index contributed by atoms with van der Waals surface area (Å²) in [6.07, 6.45) is 2.04. The van der Waals surface area contributed by atoms with Crippen LogP contribution in [0, 0.1) is 10.8 Å². The van der Waals surface area contributed by atoms with E-state index < -0.39 is 35.6 Å². The number of nitrogens with two attached hydrogens (primary N) is 1. The van der Waals surface area contributed by atoms with Gasteiger partial charge in [0.2, 0.25) is 0 Å². The van der Waals surface area contributed by atoms with Crippen LogP contribution in [0.2, 0.25) is 5.02 Å². The van der Waals surface area contributed by atoms with E-state index >= 15 is 0 Å². The summed E-state index contributed by atoms with van der Waals surface area (Å²) in [5.41, 5.74) is 7.46. The number of aliphatic imine (C=N–C) groups is 1. The number of hydrogen-bond donors (Lipinski definition) is 2. The van der Waals surface area contributed by atoms with Gasteiger partial charge in [-0.15, -0.1) is 0 Å². The van der Waals surface area contributed by atoms with E-state index in [1.54, 1.807) is 42.5 Å². The number of alkyl halides is 3. The van der Waals surface area contributed by atoms with Crippen LogP contribution < -0.4 is 5.73 Å². The first-order valence-corrected chi connectivity index (χ1v) is 16.5. The number of carbonyl (C=O) groups excluding carboxylic acids is 2. The van der Waals surface area contributed by atoms with Crippen molar-refractivity contribution in [1.29, 1.82) is 0 Å². The Hall–Kier alpha value is -4.72. The lowest BCUT2D eigenvalue weighted by Crippen LogP contribution is -2.47. The number of rotatable bonds is 11. The highest BCUT2D eigenvalue weighted by molar-refractivity contribution is 6.33. The van der Waals surface area contributed by atoms with Crippen LogP contribution in [0.5, 0.6) is 0 Å². The second kappa shape index (κ2) is 12.9. The number of guanidine groups is 1. The molecule has 3 N–H and O–H groups in total. The van der Waals surface area contributed by atoms with Crippen LogP contribution in [0.4, 0.5) is 13.2 Å². The third-order valence-corrected chi connectivity index (χ3v) is 9.34. The summed E-state index contributed by atoms with van der Waals surface area (Å²) in [7, 11) is 0. The van der Waals surface area contributed by atoms with Crippen LogP contribution in [0.15, 0.2) is 66.2 Å². The van der Waals surface area contributed by atoms with E-state index in [2.05, 4.69) is 20.3 Å². The molecule has 1 aliphatic heterocycles. The van der Waals surface area contributed by atoms with Gasteiger partial charge in [0, 0.05) is 17.3 Å². The summed E-state index contributed by atoms with van der Waals surface area (Å²) < 4.78 is 45.4. The number of halogens is 4. The van der Waals surface area contributed by atoms with Gasteiger partial charge in [-0.25, -0.2) is 9.98 Å². The smallest absolute Gasteiger partial charge is 0.408 e. The molecule has 3 heterocycles. The van der Waals surface area contributed by atoms with Crippen LogP contribution in [-0.2, 0) is 26.4 Å². The molecule has 1 aliphatic carbocycles. The largest absolute Gasteiger partial charge is 0.463 e. The minimum atomic E-state index is -4.41. The molecule has 1 saturated carbocycles. The third-order valence-electron chi connectivity index (χ3n) is 9.02. The van der Waals surface area contributed by atoms with Crippen LogP contribution in [0.3, 0.4) is 0 Å². The van der Waals surface area contributed by atoms with E-state index in [-0.39, 0.29) is 36.8 Å². The summed E-state index contributed by atoms with van der Waals surface area (Å²) in [6, 6.07) is 11.2. The van der Waals surface area contributed by atoms with Crippen molar-refractivity contribution in [1.82, 2.24) is 29.9 Å². The fourth-order valence-electron chi connectivity index (χ4n) is 6.34. The molecule has 264 valence electrons. The van der Waals surface area contributed by atoms with Gasteiger partial charge in [0.1, 0.15) is 19.5 Å². The molecule has 6 rings (SSSR count). The second-order valence-electron chi connectivity index (χ2n) is 14.6. The number of nitrogens with one attached hydrogen (secondary N) is 1. The number of aromatic nitrogens is 5. The van der Waals surface area contributed by atoms with Crippen LogP contribution in [0.1, 0.15) is 70.5 Å². The van der Waals surface area contributed by atoms with Gasteiger partial charge in [-0.05, 0) is 58.9 Å². The van der Waals surface area contributed by atoms with Gasteiger partial charge in [-0.3, -0.25) is 24.3 Å². The molecule has 1 amide bonds. The summed E-state index contributed by atoms with van der Waals surface area (Å²) >= 11 is 6.54. The maximum Gasteiger partial charge on any atom is 0.408 e. The quantitative estimate of drug-likeness (QED) is 0.163. The molecule has 2 aromatic carbocycles. The number of aromatic amines is 1. The van der Waals surface area contributed by atoms with Gasteiger partial charge in [0.05, 0.1) is 23.7 Å². The molecular weight excluding hydrogens is 673 g/mol. The molecule has 0 unspecified atom stereocenters. The number of nitrogens with zero attached hydrogens (tertiary/aromatic N) is 6. The Labute approximate surface area is 292 Å². The van der Waals surface area contributed by atoms with E-state index in [0.29, 0.717) is 38.7 Å². The van der Waals surface area contributed by atoms with Gasteiger partial charge in [-0.1, -0.05) is 69.6 Å². The highest BCUT2D eigenvalue weighted by atomic mass is 35.5. The van der Waals surface area contributed by atoms with E-state index in [4.69, 9.17) is 27.1 Å². The fraction of sp³-hybridized carbons (Fsp3) is 0.429. The van der Waals surface area contributed by atoms with Crippen molar-refractivity contribution in [3.63, 3.8) is 0 Å². The van der Waals surface area contributed by atoms with Crippen molar-refractivity contribution in [2.45, 2.75) is 77.7 Å². The van der Waals surface area contributed by atoms with E-state index in [1.165, 1.54) is 23.6 Å². The number of carbonyl (C=O) groups is 2. The van der Waals surface area contributed by atoms with Crippen molar-refractivity contribution < 1.29 is 27.5 Å². The van der Waals surface area contributed by atoms with Gasteiger partial charge in [0.15, 0.2) is 17.3 Å². The molecule has 11 nitrogen and oxygen atoms in total. The molecule has 2 atom stereocenters. The molecule has 0 saturated heterocycles. The minimum absolute atomic E-state index is 0.0527. The van der Waals surface area contributed by atoms with Crippen LogP contribution >= 0.6 is 11.6 Å². The maximum atomic E-state index is 14.9. The third kappa shape index (κ3) is 7.54. The van der Waals surface area contributed by atoms with Crippen LogP contribution in [-0.4, -0.2) is 60.5 Å². The Morgan fingerprint density at radius 2 is 1.84 bits per heavy atom. The number of esters is 1. The Balaban J connectivity index is 1.36. The molecule has 4 aromatic rings. The zero-order valence-electron chi connectivity index (χ0n) is 28.1. The zero-order chi connectivity index (χ0) is 36.1. The number of benzene rings is 2. The van der Waals surface area contributed by atoms with Crippen molar-refractivity contribution in [2.75, 3.05) is 6.61 Å². The fourth-order valence-corrected chi connectivity index (χ4v) is 6.55. The van der Waals surface area contributed by atoms with Crippen molar-refractivity contribution in [2.24, 2.45) is 21.6 Å². The Kier molecular flexibility index (Phi) is 9.04. The topological polar surface area (TPSA) is 144 Å². The lowest BCUT2D eigenvalue weighted by Gasteiger charge is -2.35. The minimum Gasteiger partial charge on any atom is -0.463 e. The average molecular weight is 711 g/mol. The summed E-state index contributed by atoms with van der Waals surface area (Å²) in [4.78, 5) is 38.3. The lowest BCUT2D eigenvalue weighted by molar-refractivity contribution is -0.148. The lowest BCUT2D eigenvalue weighted by atomic mass is 9.75. The van der Waals surface area contributed by atoms with E-state index in [0.717, 1.165) is 17.5 Å². The first-order valence-electron chi connectivity index (χ1n) is 16.2. The maximum absolute atomic E-state index is 14.9. The van der Waals surface area contributed by atoms with Gasteiger partial charge < -0.3 is 10.5 Å². The molecule has 2 aromatic heterocycles. The summed E-state index contributed by atoms with van der Waals surface area (Å²) in [5, 5.41) is 11.0. The predicted octanol–water partition coefficient (Wildman–Crippen LogP) is 6.81. The SMILES string of the molecule is CC(C)(C)C[C@]1(c2ccc(-c3cnn(CC(F)(F)F)c3)cc2)N=C(N)N([C@H](COC(=O)CC2(C)CC2)c2ccc(Cl)c(-c3ncn[nH]3)c2)C1=O. The van der Waals surface area contributed by atoms with Crippen molar-refractivity contribution in [3.05, 3.63) is 77.3 Å². The molecule has 0 spiro atoms. The summed E-state index contributed by atoms with van der Waals surface area (Å²) in [5.74, 6) is -0.434. The van der Waals surface area contributed by atoms with Gasteiger partial charge in [0.25, 0.3) is 5.91 Å². The Bertz CT molecular complexity index is 1910. The van der Waals surface area contributed by atoms with Gasteiger partial charge in [-0.2, -0.15) is 23.4 Å². The predicted molar refractivity (Wildman–Crippen MR) is 180 cm³/mol. The average Bonchev–Trinajstić information content (AvgIpc) is 3.37. The highest BCUT2D eigenvalue weighted by Gasteiger charge is 2.53. The Morgan fingerprint density at radius 3 is 2.46 bits per heavy atom. The first-order chi connectivity index (χ1) is 23.5. The molecule has 50 heavy (non-hydrogen) atoms. The normalized spacial score (nSPS) is 19.4. The summed E-state index contributed by atoms with van der Waals surface area (Å²) in [6.45, 7) is 6.59. The first kappa shape index (κ1) is 35.1. The molecule has 15 heteroatoms. The van der Waals surface area contributed by atoms with E-state index in [9.17, 15) is 22.8 Å². The second-order valence-corrected chi connectivity index (χ2v) is 15.0. The molecule has 2 aliphatic rings. The number of hydrogen-bond acceptors (Lipinski definition) is 8. The van der Waals surface area contributed by atoms with Crippen LogP contribution in [0.25, 0.3) is 22.5 Å². The standard InChI is InChI=1S/C35H38ClF3N8O3/c1-32(2,3)18-34(24-8-5-21(6-9-24)23-15-43-46(16-23)19-35(37,38)39)30(49)47(31(40)44-34)27(17-50-28(48)14-33(4)11-12-33)22-7-10-26(36)25(13-22)29-41-20-42-45-29/h5-10,13,15-16,20,27H,11-12,14,17-19H2,1-4H3,(H2,40,44)(H,41,42,45)/t27-,34-/m1/s1. The highest BCUT2D eigenvalue weighted by Crippen LogP contribution is 2.49. The van der Waals surface area contributed by atoms with Crippen molar-refractivity contribution in [3.8, 4) is 22.5 Å². The van der Waals surface area contributed by atoms with Crippen molar-refractivity contribution >= 4 is 29.4 Å². The van der Waals surface area contributed by atoms with Gasteiger partial charge >= 0.3 is 12.1 Å². The monoisotopic (exact) mass is 710 g/mol. The molecule has 1 fully saturated rings. The molecule has 0 bridgehead atoms. The number of H-pyrrole nitrogens is 1. The van der Waals surface area contributed by atoms with E-state index in [1.807, 2.05) is 27.7 Å².